The van der Waals surface area contributed by atoms with Gasteiger partial charge in [0.25, 0.3) is 0 Å². The second kappa shape index (κ2) is 5.76. The Bertz CT molecular complexity index is 675. The first-order chi connectivity index (χ1) is 10.8. The van der Waals surface area contributed by atoms with Crippen LogP contribution < -0.4 is 4.90 Å². The number of ketones is 1. The van der Waals surface area contributed by atoms with Crippen LogP contribution >= 0.6 is 0 Å². The lowest BCUT2D eigenvalue weighted by atomic mass is 9.83. The Labute approximate surface area is 130 Å². The summed E-state index contributed by atoms with van der Waals surface area (Å²) in [6, 6.07) is 6.68. The number of Topliss-reactive ketones (excluding diaryl/α,β-unsaturated/α-hetero) is 1. The molecule has 1 aliphatic carbocycles. The quantitative estimate of drug-likeness (QED) is 0.926. The van der Waals surface area contributed by atoms with Crippen molar-refractivity contribution in [2.45, 2.75) is 31.6 Å². The summed E-state index contributed by atoms with van der Waals surface area (Å²) < 4.78 is 5.44. The first-order valence-electron chi connectivity index (χ1n) is 8.27. The van der Waals surface area contributed by atoms with Crippen LogP contribution in [-0.2, 0) is 9.53 Å². The number of carbonyl (C=O) groups is 1. The molecular formula is C18H22N2O2. The maximum absolute atomic E-state index is 11.5. The highest BCUT2D eigenvalue weighted by atomic mass is 16.5. The zero-order chi connectivity index (χ0) is 14.9. The Balaban J connectivity index is 1.65. The lowest BCUT2D eigenvalue weighted by Gasteiger charge is -2.29. The van der Waals surface area contributed by atoms with Gasteiger partial charge in [0.05, 0.1) is 13.2 Å². The molecule has 0 unspecified atom stereocenters. The molecule has 0 amide bonds. The van der Waals surface area contributed by atoms with Crippen molar-refractivity contribution >= 4 is 22.4 Å². The van der Waals surface area contributed by atoms with Crippen molar-refractivity contribution in [1.29, 1.82) is 0 Å². The number of nitrogens with one attached hydrogen (secondary N) is 1. The molecule has 0 bridgehead atoms. The van der Waals surface area contributed by atoms with Crippen molar-refractivity contribution < 1.29 is 9.53 Å². The fourth-order valence-electron chi connectivity index (χ4n) is 3.74. The Hall–Kier alpha value is -1.81. The number of hydrogen-bond acceptors (Lipinski definition) is 3. The number of ether oxygens (including phenoxy) is 1. The lowest BCUT2D eigenvalue weighted by Crippen LogP contribution is -2.36. The number of fused-ring (bicyclic) bond motifs is 1. The molecule has 4 nitrogen and oxygen atoms in total. The molecule has 2 fully saturated rings. The molecule has 2 heterocycles. The van der Waals surface area contributed by atoms with Gasteiger partial charge in [-0.25, -0.2) is 0 Å². The van der Waals surface area contributed by atoms with E-state index in [2.05, 4.69) is 34.3 Å². The van der Waals surface area contributed by atoms with E-state index in [-0.39, 0.29) is 0 Å². The molecule has 1 aromatic carbocycles. The van der Waals surface area contributed by atoms with Crippen LogP contribution in [0, 0.1) is 0 Å². The Morgan fingerprint density at radius 3 is 2.68 bits per heavy atom. The molecular weight excluding hydrogens is 276 g/mol. The molecule has 1 aliphatic heterocycles. The molecule has 1 saturated heterocycles. The summed E-state index contributed by atoms with van der Waals surface area (Å²) in [4.78, 5) is 17.3. The zero-order valence-corrected chi connectivity index (χ0v) is 12.8. The fraction of sp³-hybridized carbons (Fsp3) is 0.500. The predicted octanol–water partition coefficient (Wildman–Crippen LogP) is 3.23. The van der Waals surface area contributed by atoms with Gasteiger partial charge in [-0.1, -0.05) is 0 Å². The summed E-state index contributed by atoms with van der Waals surface area (Å²) in [7, 11) is 0. The number of anilines is 1. The van der Waals surface area contributed by atoms with Gasteiger partial charge in [-0.2, -0.15) is 0 Å². The highest BCUT2D eigenvalue weighted by Crippen LogP contribution is 2.36. The van der Waals surface area contributed by atoms with Crippen LogP contribution in [0.5, 0.6) is 0 Å². The first kappa shape index (κ1) is 13.8. The molecule has 22 heavy (non-hydrogen) atoms. The number of H-pyrrole nitrogens is 1. The average molecular weight is 298 g/mol. The van der Waals surface area contributed by atoms with Gasteiger partial charge < -0.3 is 14.6 Å². The van der Waals surface area contributed by atoms with E-state index in [1.54, 1.807) is 0 Å². The predicted molar refractivity (Wildman–Crippen MR) is 87.5 cm³/mol. The van der Waals surface area contributed by atoms with E-state index in [9.17, 15) is 4.79 Å². The van der Waals surface area contributed by atoms with Crippen LogP contribution in [0.3, 0.4) is 0 Å². The van der Waals surface area contributed by atoms with Crippen LogP contribution in [0.25, 0.3) is 10.9 Å². The third-order valence-electron chi connectivity index (χ3n) is 5.06. The van der Waals surface area contributed by atoms with E-state index in [0.717, 1.165) is 52.0 Å². The molecule has 0 atom stereocenters. The monoisotopic (exact) mass is 298 g/mol. The maximum atomic E-state index is 11.5. The molecule has 0 radical (unpaired) electrons. The number of benzene rings is 1. The number of rotatable bonds is 2. The number of aromatic nitrogens is 1. The average Bonchev–Trinajstić information content (AvgIpc) is 2.99. The molecule has 2 aromatic rings. The smallest absolute Gasteiger partial charge is 0.132 e. The summed E-state index contributed by atoms with van der Waals surface area (Å²) >= 11 is 0. The van der Waals surface area contributed by atoms with E-state index < -0.39 is 0 Å². The minimum atomic E-state index is 0.421. The summed E-state index contributed by atoms with van der Waals surface area (Å²) in [5.74, 6) is 0.941. The van der Waals surface area contributed by atoms with Crippen LogP contribution in [0.1, 0.15) is 37.2 Å². The SMILES string of the molecule is O=C1CCC(c2c[nH]c3ccc(N4CCOCC4)cc23)CC1. The highest BCUT2D eigenvalue weighted by molar-refractivity contribution is 5.88. The molecule has 0 spiro atoms. The van der Waals surface area contributed by atoms with Crippen LogP contribution in [-0.4, -0.2) is 37.1 Å². The third-order valence-corrected chi connectivity index (χ3v) is 5.06. The largest absolute Gasteiger partial charge is 0.378 e. The van der Waals surface area contributed by atoms with Crippen LogP contribution in [0.2, 0.25) is 0 Å². The van der Waals surface area contributed by atoms with E-state index >= 15 is 0 Å². The number of aromatic amines is 1. The van der Waals surface area contributed by atoms with Crippen LogP contribution in [0.15, 0.2) is 24.4 Å². The van der Waals surface area contributed by atoms with E-state index in [1.165, 1.54) is 22.2 Å². The molecule has 1 N–H and O–H groups in total. The molecule has 1 aromatic heterocycles. The normalized spacial score (nSPS) is 20.7. The molecule has 4 rings (SSSR count). The molecule has 4 heteroatoms. The van der Waals surface area contributed by atoms with Gasteiger partial charge >= 0.3 is 0 Å². The second-order valence-electron chi connectivity index (χ2n) is 6.39. The summed E-state index contributed by atoms with van der Waals surface area (Å²) in [6.45, 7) is 3.54. The van der Waals surface area contributed by atoms with Gasteiger partial charge in [-0.05, 0) is 42.5 Å². The number of carbonyl (C=O) groups excluding carboxylic acids is 1. The van der Waals surface area contributed by atoms with Crippen molar-refractivity contribution in [2.75, 3.05) is 31.2 Å². The van der Waals surface area contributed by atoms with Gasteiger partial charge in [-0.15, -0.1) is 0 Å². The second-order valence-corrected chi connectivity index (χ2v) is 6.39. The summed E-state index contributed by atoms with van der Waals surface area (Å²) in [6.07, 6.45) is 5.61. The number of morpholine rings is 1. The zero-order valence-electron chi connectivity index (χ0n) is 12.8. The minimum Gasteiger partial charge on any atom is -0.378 e. The van der Waals surface area contributed by atoms with Gasteiger partial charge in [0.1, 0.15) is 5.78 Å². The third kappa shape index (κ3) is 2.52. The van der Waals surface area contributed by atoms with E-state index in [1.807, 2.05) is 0 Å². The van der Waals surface area contributed by atoms with Crippen molar-refractivity contribution in [3.63, 3.8) is 0 Å². The molecule has 1 saturated carbocycles. The van der Waals surface area contributed by atoms with Gasteiger partial charge in [-0.3, -0.25) is 4.79 Å². The standard InChI is InChI=1S/C18H22N2O2/c21-15-4-1-13(2-5-15)17-12-19-18-6-3-14(11-16(17)18)20-7-9-22-10-8-20/h3,6,11-13,19H,1-2,4-5,7-10H2. The summed E-state index contributed by atoms with van der Waals surface area (Å²) in [5, 5.41) is 1.32. The Morgan fingerprint density at radius 2 is 1.91 bits per heavy atom. The first-order valence-corrected chi connectivity index (χ1v) is 8.27. The van der Waals surface area contributed by atoms with Gasteiger partial charge in [0, 0.05) is 48.7 Å². The Kier molecular flexibility index (Phi) is 3.62. The maximum Gasteiger partial charge on any atom is 0.132 e. The fourth-order valence-corrected chi connectivity index (χ4v) is 3.74. The van der Waals surface area contributed by atoms with Crippen molar-refractivity contribution in [3.05, 3.63) is 30.0 Å². The molecule has 2 aliphatic rings. The van der Waals surface area contributed by atoms with Crippen LogP contribution in [0.4, 0.5) is 5.69 Å². The van der Waals surface area contributed by atoms with Crippen molar-refractivity contribution in [1.82, 2.24) is 4.98 Å². The summed E-state index contributed by atoms with van der Waals surface area (Å²) in [5.41, 5.74) is 3.87. The van der Waals surface area contributed by atoms with Crippen molar-refractivity contribution in [3.8, 4) is 0 Å². The lowest BCUT2D eigenvalue weighted by molar-refractivity contribution is -0.120. The van der Waals surface area contributed by atoms with E-state index in [0.29, 0.717) is 11.7 Å². The van der Waals surface area contributed by atoms with Gasteiger partial charge in [0.15, 0.2) is 0 Å². The molecule has 116 valence electrons. The minimum absolute atomic E-state index is 0.421. The van der Waals surface area contributed by atoms with Crippen molar-refractivity contribution in [2.24, 2.45) is 0 Å². The Morgan fingerprint density at radius 1 is 1.14 bits per heavy atom. The highest BCUT2D eigenvalue weighted by Gasteiger charge is 2.23. The number of nitrogens with zero attached hydrogens (tertiary/aromatic N) is 1. The van der Waals surface area contributed by atoms with Gasteiger partial charge in [0.2, 0.25) is 0 Å². The van der Waals surface area contributed by atoms with E-state index in [4.69, 9.17) is 4.74 Å². The number of hydrogen-bond donors (Lipinski definition) is 1. The topological polar surface area (TPSA) is 45.3 Å².